The van der Waals surface area contributed by atoms with Crippen molar-refractivity contribution in [3.8, 4) is 0 Å². The normalized spacial score (nSPS) is 61.5. The zero-order chi connectivity index (χ0) is 5.14. The van der Waals surface area contributed by atoms with Gasteiger partial charge in [0.1, 0.15) is 0 Å². The Morgan fingerprint density at radius 1 is 1.00 bits per heavy atom. The molecule has 1 aliphatic carbocycles. The molecular weight excluding hydrogens is 211 g/mol. The summed E-state index contributed by atoms with van der Waals surface area (Å²) in [5.74, 6) is 1.24. The first-order valence-electron chi connectivity index (χ1n) is 3.56. The standard InChI is InChI=1S/C7H11I/c1-5-2-6(1)8-4-7(8)3-5/h5-7H,1-4H2. The van der Waals surface area contributed by atoms with Gasteiger partial charge in [0, 0.05) is 0 Å². The van der Waals surface area contributed by atoms with E-state index in [1.807, 2.05) is 0 Å². The molecule has 0 nitrogen and oxygen atoms in total. The van der Waals surface area contributed by atoms with E-state index in [0.29, 0.717) is 0 Å². The fourth-order valence-electron chi connectivity index (χ4n) is 2.15. The third-order valence-electron chi connectivity index (χ3n) is 2.80. The van der Waals surface area contributed by atoms with Crippen LogP contribution in [0.4, 0.5) is 0 Å². The van der Waals surface area contributed by atoms with Crippen LogP contribution in [0, 0.1) is 5.92 Å². The molecule has 3 saturated heterocycles. The van der Waals surface area contributed by atoms with Crippen LogP contribution >= 0.6 is 19.8 Å². The van der Waals surface area contributed by atoms with Crippen molar-refractivity contribution in [1.29, 1.82) is 0 Å². The Balaban J connectivity index is 1.91. The first-order valence-corrected chi connectivity index (χ1v) is 7.58. The van der Waals surface area contributed by atoms with Gasteiger partial charge in [-0.25, -0.2) is 0 Å². The molecule has 4 rings (SSSR count). The molecule has 2 bridgehead atoms. The van der Waals surface area contributed by atoms with Crippen LogP contribution in [0.2, 0.25) is 0 Å². The SMILES string of the molecule is C1C2CC1I1CC1C2. The number of halogens is 1. The fourth-order valence-corrected chi connectivity index (χ4v) is 11.0. The van der Waals surface area contributed by atoms with Crippen LogP contribution < -0.4 is 0 Å². The molecule has 1 unspecified atom stereocenters. The molecule has 4 fully saturated rings. The van der Waals surface area contributed by atoms with Crippen LogP contribution in [0.1, 0.15) is 19.3 Å². The Bertz CT molecular complexity index is 126. The molecule has 0 spiro atoms. The summed E-state index contributed by atoms with van der Waals surface area (Å²) in [6, 6.07) is 0. The van der Waals surface area contributed by atoms with E-state index in [1.54, 1.807) is 23.7 Å². The van der Waals surface area contributed by atoms with Crippen molar-refractivity contribution in [2.24, 2.45) is 5.92 Å². The van der Waals surface area contributed by atoms with Crippen molar-refractivity contribution in [3.05, 3.63) is 0 Å². The molecule has 0 radical (unpaired) electrons. The number of rotatable bonds is 0. The first-order chi connectivity index (χ1) is 3.93. The van der Waals surface area contributed by atoms with Gasteiger partial charge in [0.25, 0.3) is 0 Å². The second kappa shape index (κ2) is 1.25. The summed E-state index contributed by atoms with van der Waals surface area (Å²) in [6.45, 7) is 0. The van der Waals surface area contributed by atoms with Crippen LogP contribution in [0.15, 0.2) is 0 Å². The Kier molecular flexibility index (Phi) is 0.708. The molecule has 8 heavy (non-hydrogen) atoms. The van der Waals surface area contributed by atoms with E-state index < -0.39 is 0 Å². The summed E-state index contributed by atoms with van der Waals surface area (Å²) in [5, 5.41) is 0. The summed E-state index contributed by atoms with van der Waals surface area (Å²) in [5.41, 5.74) is 0. The molecule has 1 atom stereocenters. The second-order valence-corrected chi connectivity index (χ2v) is 10.2. The van der Waals surface area contributed by atoms with Crippen LogP contribution in [-0.4, -0.2) is 12.3 Å². The van der Waals surface area contributed by atoms with Crippen molar-refractivity contribution in [2.75, 3.05) is 4.43 Å². The summed E-state index contributed by atoms with van der Waals surface area (Å²) in [7, 11) is 0. The zero-order valence-electron chi connectivity index (χ0n) is 4.94. The monoisotopic (exact) mass is 222 g/mol. The van der Waals surface area contributed by atoms with E-state index in [2.05, 4.69) is 0 Å². The van der Waals surface area contributed by atoms with Crippen molar-refractivity contribution in [1.82, 2.24) is 0 Å². The average molecular weight is 222 g/mol. The Morgan fingerprint density at radius 3 is 2.25 bits per heavy atom. The van der Waals surface area contributed by atoms with Crippen LogP contribution in [0.3, 0.4) is 0 Å². The number of hydrogen-bond acceptors (Lipinski definition) is 0. The third kappa shape index (κ3) is 0.428. The van der Waals surface area contributed by atoms with Gasteiger partial charge in [-0.15, -0.1) is 0 Å². The van der Waals surface area contributed by atoms with Gasteiger partial charge in [0.2, 0.25) is 0 Å². The summed E-state index contributed by atoms with van der Waals surface area (Å²) in [6.07, 6.45) is 5.05. The molecule has 0 N–H and O–H groups in total. The summed E-state index contributed by atoms with van der Waals surface area (Å²) < 4.78 is 4.53. The van der Waals surface area contributed by atoms with Crippen molar-refractivity contribution >= 4 is 19.8 Å². The molecule has 4 aliphatic rings. The van der Waals surface area contributed by atoms with Gasteiger partial charge >= 0.3 is 57.3 Å². The Hall–Kier alpha value is 0.730. The summed E-state index contributed by atoms with van der Waals surface area (Å²) in [4.78, 5) is 0. The quantitative estimate of drug-likeness (QED) is 0.434. The molecule has 3 heterocycles. The second-order valence-electron chi connectivity index (χ2n) is 3.36. The maximum atomic E-state index is 1.77. The van der Waals surface area contributed by atoms with Crippen molar-refractivity contribution in [3.63, 3.8) is 0 Å². The molecule has 1 saturated carbocycles. The summed E-state index contributed by atoms with van der Waals surface area (Å²) >= 11 is -0.109. The van der Waals surface area contributed by atoms with Gasteiger partial charge in [-0.1, -0.05) is 0 Å². The van der Waals surface area contributed by atoms with E-state index in [4.69, 9.17) is 0 Å². The maximum absolute atomic E-state index is 1.77. The molecule has 3 aliphatic heterocycles. The van der Waals surface area contributed by atoms with Gasteiger partial charge in [0.15, 0.2) is 0 Å². The molecule has 46 valence electrons. The van der Waals surface area contributed by atoms with E-state index in [0.717, 1.165) is 0 Å². The van der Waals surface area contributed by atoms with E-state index in [9.17, 15) is 0 Å². The van der Waals surface area contributed by atoms with Crippen molar-refractivity contribution < 1.29 is 0 Å². The topological polar surface area (TPSA) is 0 Å². The van der Waals surface area contributed by atoms with Gasteiger partial charge in [-0.3, -0.25) is 0 Å². The van der Waals surface area contributed by atoms with Crippen LogP contribution in [0.25, 0.3) is 0 Å². The Morgan fingerprint density at radius 2 is 1.75 bits per heavy atom. The molecule has 0 aromatic heterocycles. The number of hydrogen-bond donors (Lipinski definition) is 0. The fraction of sp³-hybridized carbons (Fsp3) is 1.00. The van der Waals surface area contributed by atoms with Gasteiger partial charge in [-0.2, -0.15) is 0 Å². The third-order valence-corrected chi connectivity index (χ3v) is 10.2. The molecule has 0 aromatic carbocycles. The van der Waals surface area contributed by atoms with Gasteiger partial charge in [-0.05, 0) is 0 Å². The first kappa shape index (κ1) is 4.53. The average Bonchev–Trinajstić information content (AvgIpc) is 2.35. The van der Waals surface area contributed by atoms with E-state index in [-0.39, 0.29) is 19.8 Å². The van der Waals surface area contributed by atoms with Crippen LogP contribution in [0.5, 0.6) is 0 Å². The molecule has 0 aromatic rings. The minimum atomic E-state index is -0.109. The van der Waals surface area contributed by atoms with Gasteiger partial charge in [0.05, 0.1) is 0 Å². The van der Waals surface area contributed by atoms with Crippen molar-refractivity contribution in [2.45, 2.75) is 27.1 Å². The molecular formula is C7H11I. The van der Waals surface area contributed by atoms with E-state index >= 15 is 0 Å². The Labute approximate surface area is 57.4 Å². The predicted molar refractivity (Wildman–Crippen MR) is 43.8 cm³/mol. The van der Waals surface area contributed by atoms with E-state index in [1.165, 1.54) is 13.8 Å². The molecule has 1 heteroatoms. The number of alkyl halides is 3. The zero-order valence-corrected chi connectivity index (χ0v) is 7.10. The predicted octanol–water partition coefficient (Wildman–Crippen LogP) is 2.06. The molecule has 0 amide bonds. The minimum absolute atomic E-state index is 0.109. The van der Waals surface area contributed by atoms with Crippen LogP contribution in [-0.2, 0) is 0 Å². The van der Waals surface area contributed by atoms with Gasteiger partial charge < -0.3 is 0 Å².